The summed E-state index contributed by atoms with van der Waals surface area (Å²) < 4.78 is 5.23. The van der Waals surface area contributed by atoms with Crippen molar-refractivity contribution in [2.45, 2.75) is 45.6 Å². The zero-order chi connectivity index (χ0) is 11.8. The number of aliphatic hydroxyl groups excluding tert-OH is 1. The van der Waals surface area contributed by atoms with Crippen LogP contribution in [0.25, 0.3) is 0 Å². The molecule has 16 heavy (non-hydrogen) atoms. The lowest BCUT2D eigenvalue weighted by molar-refractivity contribution is 0.0216. The van der Waals surface area contributed by atoms with Gasteiger partial charge in [0.2, 0.25) is 0 Å². The Labute approximate surface area is 99.8 Å². The molecule has 2 unspecified atom stereocenters. The summed E-state index contributed by atoms with van der Waals surface area (Å²) in [6.07, 6.45) is 4.90. The molecule has 0 radical (unpaired) electrons. The van der Waals surface area contributed by atoms with Crippen LogP contribution in [0.5, 0.6) is 0 Å². The van der Waals surface area contributed by atoms with Gasteiger partial charge >= 0.3 is 0 Å². The topological polar surface area (TPSA) is 32.7 Å². The van der Waals surface area contributed by atoms with Crippen LogP contribution in [0.3, 0.4) is 0 Å². The number of likely N-dealkylation sites (tertiary alicyclic amines) is 1. The first-order chi connectivity index (χ1) is 7.76. The van der Waals surface area contributed by atoms with Gasteiger partial charge in [-0.3, -0.25) is 0 Å². The average molecular weight is 229 g/mol. The summed E-state index contributed by atoms with van der Waals surface area (Å²) in [6.45, 7) is 8.46. The van der Waals surface area contributed by atoms with Gasteiger partial charge < -0.3 is 14.7 Å². The molecule has 3 heteroatoms. The van der Waals surface area contributed by atoms with E-state index in [1.165, 1.54) is 25.7 Å². The Morgan fingerprint density at radius 1 is 1.31 bits per heavy atom. The van der Waals surface area contributed by atoms with Crippen LogP contribution in [0.4, 0.5) is 0 Å². The summed E-state index contributed by atoms with van der Waals surface area (Å²) in [5.74, 6) is 0.897. The van der Waals surface area contributed by atoms with Crippen molar-refractivity contribution >= 4 is 0 Å². The third kappa shape index (κ3) is 5.28. The first-order valence-corrected chi connectivity index (χ1v) is 6.74. The Morgan fingerprint density at radius 3 is 2.81 bits per heavy atom. The second kappa shape index (κ2) is 8.04. The molecule has 0 amide bonds. The highest BCUT2D eigenvalue weighted by atomic mass is 16.5. The van der Waals surface area contributed by atoms with Crippen molar-refractivity contribution in [2.24, 2.45) is 5.92 Å². The molecule has 2 atom stereocenters. The quantitative estimate of drug-likeness (QED) is 0.755. The Balaban J connectivity index is 2.21. The van der Waals surface area contributed by atoms with E-state index in [9.17, 15) is 5.11 Å². The van der Waals surface area contributed by atoms with E-state index in [-0.39, 0.29) is 6.10 Å². The maximum Gasteiger partial charge on any atom is 0.0900 e. The molecule has 1 aliphatic heterocycles. The van der Waals surface area contributed by atoms with Gasteiger partial charge in [-0.2, -0.15) is 0 Å². The predicted octanol–water partition coefficient (Wildman–Crippen LogP) is 1.90. The van der Waals surface area contributed by atoms with Crippen molar-refractivity contribution < 1.29 is 9.84 Å². The fourth-order valence-electron chi connectivity index (χ4n) is 2.42. The van der Waals surface area contributed by atoms with Crippen LogP contribution in [0.2, 0.25) is 0 Å². The molecular formula is C13H27NO2. The molecule has 1 heterocycles. The van der Waals surface area contributed by atoms with Crippen LogP contribution in [0, 0.1) is 5.92 Å². The number of nitrogens with zero attached hydrogens (tertiary/aromatic N) is 1. The molecule has 0 spiro atoms. The molecule has 1 saturated heterocycles. The summed E-state index contributed by atoms with van der Waals surface area (Å²) in [5.41, 5.74) is 0. The van der Waals surface area contributed by atoms with Gasteiger partial charge in [-0.15, -0.1) is 0 Å². The van der Waals surface area contributed by atoms with Crippen LogP contribution < -0.4 is 0 Å². The van der Waals surface area contributed by atoms with Gasteiger partial charge in [0.25, 0.3) is 0 Å². The fourth-order valence-corrected chi connectivity index (χ4v) is 2.42. The van der Waals surface area contributed by atoms with Crippen molar-refractivity contribution in [3.63, 3.8) is 0 Å². The Bertz CT molecular complexity index is 175. The normalized spacial score (nSPS) is 25.3. The summed E-state index contributed by atoms with van der Waals surface area (Å²) in [6, 6.07) is 0. The first-order valence-electron chi connectivity index (χ1n) is 6.74. The van der Waals surface area contributed by atoms with Crippen LogP contribution >= 0.6 is 0 Å². The number of hydrogen-bond donors (Lipinski definition) is 1. The molecule has 0 aromatic carbocycles. The van der Waals surface area contributed by atoms with Crippen molar-refractivity contribution in [1.82, 2.24) is 4.90 Å². The lowest BCUT2D eigenvalue weighted by Crippen LogP contribution is -2.35. The van der Waals surface area contributed by atoms with E-state index in [1.807, 2.05) is 6.92 Å². The molecule has 0 aliphatic carbocycles. The molecule has 1 aliphatic rings. The van der Waals surface area contributed by atoms with Crippen LogP contribution in [0.15, 0.2) is 0 Å². The van der Waals surface area contributed by atoms with Gasteiger partial charge in [0.15, 0.2) is 0 Å². The third-order valence-electron chi connectivity index (χ3n) is 3.50. The maximum atomic E-state index is 9.78. The SMILES string of the molecule is CCOCC(O)CN1CCCC(CC)CC1. The molecule has 1 rings (SSSR count). The Hall–Kier alpha value is -0.120. The number of ether oxygens (including phenoxy) is 1. The Morgan fingerprint density at radius 2 is 2.12 bits per heavy atom. The highest BCUT2D eigenvalue weighted by molar-refractivity contribution is 4.71. The Kier molecular flexibility index (Phi) is 7.01. The largest absolute Gasteiger partial charge is 0.389 e. The van der Waals surface area contributed by atoms with E-state index in [2.05, 4.69) is 11.8 Å². The summed E-state index contributed by atoms with van der Waals surface area (Å²) in [5, 5.41) is 9.78. The zero-order valence-electron chi connectivity index (χ0n) is 10.8. The second-order valence-corrected chi connectivity index (χ2v) is 4.82. The molecule has 1 N–H and O–H groups in total. The van der Waals surface area contributed by atoms with Crippen LogP contribution in [0.1, 0.15) is 39.5 Å². The minimum Gasteiger partial charge on any atom is -0.389 e. The third-order valence-corrected chi connectivity index (χ3v) is 3.50. The lowest BCUT2D eigenvalue weighted by Gasteiger charge is -2.23. The number of hydrogen-bond acceptors (Lipinski definition) is 3. The molecule has 3 nitrogen and oxygen atoms in total. The monoisotopic (exact) mass is 229 g/mol. The molecule has 96 valence electrons. The van der Waals surface area contributed by atoms with Gasteiger partial charge in [0, 0.05) is 13.2 Å². The van der Waals surface area contributed by atoms with E-state index in [4.69, 9.17) is 4.74 Å². The van der Waals surface area contributed by atoms with Crippen LogP contribution in [-0.2, 0) is 4.74 Å². The molecule has 0 bridgehead atoms. The number of rotatable bonds is 6. The van der Waals surface area contributed by atoms with E-state index in [1.54, 1.807) is 0 Å². The predicted molar refractivity (Wildman–Crippen MR) is 66.6 cm³/mol. The van der Waals surface area contributed by atoms with Gasteiger partial charge in [-0.05, 0) is 45.2 Å². The lowest BCUT2D eigenvalue weighted by atomic mass is 9.98. The zero-order valence-corrected chi connectivity index (χ0v) is 10.8. The molecular weight excluding hydrogens is 202 g/mol. The van der Waals surface area contributed by atoms with Crippen molar-refractivity contribution in [3.05, 3.63) is 0 Å². The average Bonchev–Trinajstić information content (AvgIpc) is 2.51. The molecule has 0 saturated carbocycles. The van der Waals surface area contributed by atoms with Gasteiger partial charge in [0.1, 0.15) is 0 Å². The highest BCUT2D eigenvalue weighted by Crippen LogP contribution is 2.20. The summed E-state index contributed by atoms with van der Waals surface area (Å²) >= 11 is 0. The number of aliphatic hydroxyl groups is 1. The van der Waals surface area contributed by atoms with E-state index < -0.39 is 0 Å². The minimum atomic E-state index is -0.321. The van der Waals surface area contributed by atoms with E-state index in [0.717, 1.165) is 25.6 Å². The molecule has 1 fully saturated rings. The second-order valence-electron chi connectivity index (χ2n) is 4.82. The van der Waals surface area contributed by atoms with Gasteiger partial charge in [-0.25, -0.2) is 0 Å². The number of β-amino-alcohol motifs (C(OH)–C–C–N with tert-alkyl or cyclic N) is 1. The standard InChI is InChI=1S/C13H27NO2/c1-3-12-6-5-8-14(9-7-12)10-13(15)11-16-4-2/h12-13,15H,3-11H2,1-2H3. The van der Waals surface area contributed by atoms with E-state index >= 15 is 0 Å². The summed E-state index contributed by atoms with van der Waals surface area (Å²) in [4.78, 5) is 2.39. The van der Waals surface area contributed by atoms with Crippen molar-refractivity contribution in [1.29, 1.82) is 0 Å². The maximum absolute atomic E-state index is 9.78. The first kappa shape index (κ1) is 13.9. The molecule has 0 aromatic rings. The fraction of sp³-hybridized carbons (Fsp3) is 1.00. The smallest absolute Gasteiger partial charge is 0.0900 e. The van der Waals surface area contributed by atoms with Crippen molar-refractivity contribution in [2.75, 3.05) is 32.8 Å². The molecule has 0 aromatic heterocycles. The van der Waals surface area contributed by atoms with E-state index in [0.29, 0.717) is 13.2 Å². The highest BCUT2D eigenvalue weighted by Gasteiger charge is 2.17. The minimum absolute atomic E-state index is 0.321. The van der Waals surface area contributed by atoms with Crippen molar-refractivity contribution in [3.8, 4) is 0 Å². The van der Waals surface area contributed by atoms with Gasteiger partial charge in [-0.1, -0.05) is 13.3 Å². The summed E-state index contributed by atoms with van der Waals surface area (Å²) in [7, 11) is 0. The van der Waals surface area contributed by atoms with Crippen LogP contribution in [-0.4, -0.2) is 49.0 Å². The van der Waals surface area contributed by atoms with Gasteiger partial charge in [0.05, 0.1) is 12.7 Å².